The fourth-order valence-electron chi connectivity index (χ4n) is 2.90. The SMILES string of the molecule is [2H]C1([2H])COCC([2H])([2H])N1c1ccc(Nc2nccc(-c3ccc(C(=O)OCC)cc3)n2)cc1. The van der Waals surface area contributed by atoms with Crippen molar-refractivity contribution < 1.29 is 19.8 Å². The third kappa shape index (κ3) is 4.75. The van der Waals surface area contributed by atoms with Crippen LogP contribution >= 0.6 is 0 Å². The largest absolute Gasteiger partial charge is 0.462 e. The van der Waals surface area contributed by atoms with Gasteiger partial charge >= 0.3 is 5.97 Å². The molecule has 3 aromatic rings. The number of esters is 1. The summed E-state index contributed by atoms with van der Waals surface area (Å²) in [5.41, 5.74) is 3.00. The lowest BCUT2D eigenvalue weighted by Crippen LogP contribution is -2.36. The minimum absolute atomic E-state index is 0.214. The van der Waals surface area contributed by atoms with Crippen LogP contribution in [-0.4, -0.2) is 48.8 Å². The highest BCUT2D eigenvalue weighted by Crippen LogP contribution is 2.23. The van der Waals surface area contributed by atoms with E-state index in [1.54, 1.807) is 67.7 Å². The molecule has 7 nitrogen and oxygen atoms in total. The van der Waals surface area contributed by atoms with Crippen molar-refractivity contribution in [2.45, 2.75) is 6.92 Å². The quantitative estimate of drug-likeness (QED) is 0.620. The van der Waals surface area contributed by atoms with E-state index in [4.69, 9.17) is 15.0 Å². The number of ether oxygens (including phenoxy) is 2. The summed E-state index contributed by atoms with van der Waals surface area (Å²) in [7, 11) is 0. The maximum Gasteiger partial charge on any atom is 0.338 e. The number of nitrogens with one attached hydrogen (secondary N) is 1. The van der Waals surface area contributed by atoms with Crippen molar-refractivity contribution in [2.24, 2.45) is 0 Å². The third-order valence-electron chi connectivity index (χ3n) is 4.38. The molecule has 30 heavy (non-hydrogen) atoms. The Balaban J connectivity index is 1.50. The van der Waals surface area contributed by atoms with Gasteiger partial charge in [-0.25, -0.2) is 14.8 Å². The molecule has 0 unspecified atom stereocenters. The third-order valence-corrected chi connectivity index (χ3v) is 4.38. The molecule has 0 bridgehead atoms. The van der Waals surface area contributed by atoms with Crippen molar-refractivity contribution in [1.29, 1.82) is 0 Å². The van der Waals surface area contributed by atoms with Gasteiger partial charge in [0.2, 0.25) is 5.95 Å². The standard InChI is InChI=1S/C23H24N4O3/c1-2-30-22(28)18-5-3-17(4-6-18)21-11-12-24-23(26-21)25-19-7-9-20(10-8-19)27-13-15-29-16-14-27/h3-12H,2,13-16H2,1H3,(H,24,25,26)/i13D2,14D2. The van der Waals surface area contributed by atoms with Crippen LogP contribution < -0.4 is 10.2 Å². The number of carbonyl (C=O) groups is 1. The molecule has 1 fully saturated rings. The van der Waals surface area contributed by atoms with Crippen molar-refractivity contribution in [3.8, 4) is 11.3 Å². The average Bonchev–Trinajstić information content (AvgIpc) is 2.79. The van der Waals surface area contributed by atoms with Gasteiger partial charge in [0.1, 0.15) is 0 Å². The smallest absolute Gasteiger partial charge is 0.338 e. The van der Waals surface area contributed by atoms with E-state index in [-0.39, 0.29) is 19.2 Å². The lowest BCUT2D eigenvalue weighted by Gasteiger charge is -2.28. The van der Waals surface area contributed by atoms with Gasteiger partial charge in [0.15, 0.2) is 0 Å². The van der Waals surface area contributed by atoms with Crippen LogP contribution in [0.3, 0.4) is 0 Å². The van der Waals surface area contributed by atoms with E-state index in [1.807, 2.05) is 0 Å². The molecule has 2 aromatic carbocycles. The zero-order chi connectivity index (χ0) is 24.3. The molecule has 0 amide bonds. The lowest BCUT2D eigenvalue weighted by atomic mass is 10.1. The molecule has 0 spiro atoms. The van der Waals surface area contributed by atoms with E-state index in [9.17, 15) is 4.79 Å². The second kappa shape index (κ2) is 9.37. The van der Waals surface area contributed by atoms with Crippen LogP contribution in [0.4, 0.5) is 17.3 Å². The van der Waals surface area contributed by atoms with Gasteiger partial charge in [-0.2, -0.15) is 0 Å². The van der Waals surface area contributed by atoms with Crippen LogP contribution in [0.2, 0.25) is 0 Å². The number of anilines is 3. The number of hydrogen-bond acceptors (Lipinski definition) is 7. The molecule has 4 rings (SSSR count). The minimum Gasteiger partial charge on any atom is -0.462 e. The molecule has 1 aliphatic heterocycles. The molecule has 2 heterocycles. The number of rotatable bonds is 6. The predicted molar refractivity (Wildman–Crippen MR) is 116 cm³/mol. The number of carbonyl (C=O) groups excluding carboxylic acids is 1. The summed E-state index contributed by atoms with van der Waals surface area (Å²) in [5.74, 6) is -0.0162. The van der Waals surface area contributed by atoms with E-state index in [0.29, 0.717) is 35.2 Å². The van der Waals surface area contributed by atoms with E-state index in [0.717, 1.165) is 10.5 Å². The Kier molecular flexibility index (Phi) is 4.81. The molecular weight excluding hydrogens is 380 g/mol. The first kappa shape index (κ1) is 15.4. The van der Waals surface area contributed by atoms with Gasteiger partial charge in [0.05, 0.1) is 36.6 Å². The van der Waals surface area contributed by atoms with Crippen LogP contribution in [0.1, 0.15) is 22.8 Å². The summed E-state index contributed by atoms with van der Waals surface area (Å²) in [5, 5.41) is 3.10. The normalized spacial score (nSPS) is 19.0. The molecule has 0 atom stereocenters. The number of benzene rings is 2. The Bertz CT molecular complexity index is 1140. The van der Waals surface area contributed by atoms with Crippen molar-refractivity contribution in [3.63, 3.8) is 0 Å². The number of hydrogen-bond donors (Lipinski definition) is 1. The van der Waals surface area contributed by atoms with E-state index in [2.05, 4.69) is 15.3 Å². The van der Waals surface area contributed by atoms with Crippen molar-refractivity contribution in [3.05, 3.63) is 66.4 Å². The Morgan fingerprint density at radius 3 is 2.57 bits per heavy atom. The molecule has 7 heteroatoms. The molecule has 154 valence electrons. The van der Waals surface area contributed by atoms with Crippen LogP contribution in [0, 0.1) is 0 Å². The number of aromatic nitrogens is 2. The first-order chi connectivity index (χ1) is 16.2. The molecule has 1 aliphatic rings. The maximum absolute atomic E-state index is 11.8. The Hall–Kier alpha value is -3.45. The van der Waals surface area contributed by atoms with Crippen molar-refractivity contribution in [2.75, 3.05) is 43.0 Å². The van der Waals surface area contributed by atoms with E-state index < -0.39 is 13.0 Å². The van der Waals surface area contributed by atoms with Gasteiger partial charge in [-0.1, -0.05) is 12.1 Å². The molecule has 0 aliphatic carbocycles. The second-order valence-corrected chi connectivity index (χ2v) is 6.38. The number of morpholine rings is 1. The lowest BCUT2D eigenvalue weighted by molar-refractivity contribution is 0.0526. The zero-order valence-corrected chi connectivity index (χ0v) is 16.5. The van der Waals surface area contributed by atoms with E-state index >= 15 is 0 Å². The highest BCUT2D eigenvalue weighted by molar-refractivity contribution is 5.90. The predicted octanol–water partition coefficient (Wildman–Crippen LogP) is 3.90. The zero-order valence-electron chi connectivity index (χ0n) is 20.5. The molecule has 1 saturated heterocycles. The maximum atomic E-state index is 11.8. The average molecular weight is 408 g/mol. The van der Waals surface area contributed by atoms with Gasteiger partial charge in [-0.3, -0.25) is 0 Å². The summed E-state index contributed by atoms with van der Waals surface area (Å²) < 4.78 is 42.6. The van der Waals surface area contributed by atoms with Gasteiger partial charge in [-0.15, -0.1) is 0 Å². The molecule has 0 radical (unpaired) electrons. The molecule has 1 N–H and O–H groups in total. The molecular formula is C23H24N4O3. The van der Waals surface area contributed by atoms with Crippen LogP contribution in [0.25, 0.3) is 11.3 Å². The van der Waals surface area contributed by atoms with Crippen molar-refractivity contribution >= 4 is 23.3 Å². The second-order valence-electron chi connectivity index (χ2n) is 6.38. The first-order valence-electron chi connectivity index (χ1n) is 11.6. The van der Waals surface area contributed by atoms with Gasteiger partial charge in [0, 0.05) is 36.1 Å². The molecule has 1 aromatic heterocycles. The fourth-order valence-corrected chi connectivity index (χ4v) is 2.90. The Labute approximate surface area is 181 Å². The van der Waals surface area contributed by atoms with Gasteiger partial charge < -0.3 is 19.7 Å². The summed E-state index contributed by atoms with van der Waals surface area (Å²) >= 11 is 0. The fraction of sp³-hybridized carbons (Fsp3) is 0.261. The van der Waals surface area contributed by atoms with Crippen LogP contribution in [0.15, 0.2) is 60.8 Å². The molecule has 0 saturated carbocycles. The minimum atomic E-state index is -1.98. The monoisotopic (exact) mass is 408 g/mol. The topological polar surface area (TPSA) is 76.6 Å². The highest BCUT2D eigenvalue weighted by Gasteiger charge is 2.11. The van der Waals surface area contributed by atoms with Gasteiger partial charge in [0.25, 0.3) is 0 Å². The Morgan fingerprint density at radius 2 is 1.87 bits per heavy atom. The summed E-state index contributed by atoms with van der Waals surface area (Å²) in [6.07, 6.45) is 1.62. The van der Waals surface area contributed by atoms with Crippen molar-refractivity contribution in [1.82, 2.24) is 9.97 Å². The summed E-state index contributed by atoms with van der Waals surface area (Å²) in [6, 6.07) is 15.4. The summed E-state index contributed by atoms with van der Waals surface area (Å²) in [6.45, 7) is -2.31. The van der Waals surface area contributed by atoms with Crippen LogP contribution in [0.5, 0.6) is 0 Å². The van der Waals surface area contributed by atoms with Crippen LogP contribution in [-0.2, 0) is 9.47 Å². The van der Waals surface area contributed by atoms with Gasteiger partial charge in [-0.05, 0) is 49.4 Å². The van der Waals surface area contributed by atoms with E-state index in [1.165, 1.54) is 0 Å². The summed E-state index contributed by atoms with van der Waals surface area (Å²) in [4.78, 5) is 21.7. The highest BCUT2D eigenvalue weighted by atomic mass is 16.5. The Morgan fingerprint density at radius 1 is 1.13 bits per heavy atom. The first-order valence-corrected chi connectivity index (χ1v) is 9.55. The number of nitrogens with zero attached hydrogens (tertiary/aromatic N) is 3.